The summed E-state index contributed by atoms with van der Waals surface area (Å²) in [6.45, 7) is 3.37. The molecule has 168 valence electrons. The molecule has 4 rings (SSSR count). The second-order valence-corrected chi connectivity index (χ2v) is 9.16. The van der Waals surface area contributed by atoms with Gasteiger partial charge in [-0.1, -0.05) is 35.5 Å². The molecule has 7 nitrogen and oxygen atoms in total. The Bertz CT molecular complexity index is 1400. The molecule has 2 heterocycles. The van der Waals surface area contributed by atoms with Crippen molar-refractivity contribution >= 4 is 51.6 Å². The predicted molar refractivity (Wildman–Crippen MR) is 129 cm³/mol. The molecule has 0 radical (unpaired) electrons. The van der Waals surface area contributed by atoms with Crippen LogP contribution >= 0.6 is 23.4 Å². The molecule has 0 aliphatic heterocycles. The second-order valence-electron chi connectivity index (χ2n) is 7.41. The third-order valence-electron chi connectivity index (χ3n) is 4.96. The van der Waals surface area contributed by atoms with Crippen LogP contribution in [-0.2, 0) is 11.3 Å². The normalized spacial score (nSPS) is 12.0. The van der Waals surface area contributed by atoms with Crippen molar-refractivity contribution in [2.24, 2.45) is 0 Å². The van der Waals surface area contributed by atoms with Crippen molar-refractivity contribution < 1.29 is 14.0 Å². The lowest BCUT2D eigenvalue weighted by molar-refractivity contribution is -0.115. The Morgan fingerprint density at radius 1 is 1.18 bits per heavy atom. The number of ketones is 1. The minimum Gasteiger partial charge on any atom is -0.467 e. The molecule has 0 saturated heterocycles. The zero-order valence-corrected chi connectivity index (χ0v) is 19.4. The Kier molecular flexibility index (Phi) is 6.67. The Morgan fingerprint density at radius 2 is 2.00 bits per heavy atom. The average Bonchev–Trinajstić information content (AvgIpc) is 3.29. The minimum atomic E-state index is -0.586. The number of rotatable bonds is 7. The number of amides is 1. The third kappa shape index (κ3) is 5.18. The number of Topliss-reactive ketones (excluding diaryl/α,β-unsaturated/α-hetero) is 1. The monoisotopic (exact) mass is 481 g/mol. The maximum absolute atomic E-state index is 13.2. The number of carbonyl (C=O) groups excluding carboxylic acids is 2. The molecule has 0 aliphatic rings. The lowest BCUT2D eigenvalue weighted by Gasteiger charge is -2.16. The van der Waals surface area contributed by atoms with Gasteiger partial charge in [-0.2, -0.15) is 0 Å². The number of hydrogen-bond donors (Lipinski definition) is 1. The van der Waals surface area contributed by atoms with E-state index in [0.717, 1.165) is 11.8 Å². The standard InChI is InChI=1S/C24H20ClN3O4S/c1-14(29)16-5-3-6-18(11-16)26-22(30)15(2)33-24-27-21-12-17(25)8-9-20(21)23(31)28(24)13-19-7-4-10-32-19/h3-12,15H,13H2,1-2H3,(H,26,30). The number of thioether (sulfide) groups is 1. The zero-order chi connectivity index (χ0) is 23.5. The summed E-state index contributed by atoms with van der Waals surface area (Å²) in [6.07, 6.45) is 1.53. The molecular formula is C24H20ClN3O4S. The van der Waals surface area contributed by atoms with Gasteiger partial charge in [-0.15, -0.1) is 0 Å². The van der Waals surface area contributed by atoms with Crippen LogP contribution in [-0.4, -0.2) is 26.5 Å². The molecule has 1 unspecified atom stereocenters. The van der Waals surface area contributed by atoms with E-state index in [0.29, 0.717) is 38.1 Å². The van der Waals surface area contributed by atoms with Gasteiger partial charge in [0.15, 0.2) is 10.9 Å². The lowest BCUT2D eigenvalue weighted by Crippen LogP contribution is -2.27. The van der Waals surface area contributed by atoms with Gasteiger partial charge >= 0.3 is 0 Å². The molecule has 0 aliphatic carbocycles. The smallest absolute Gasteiger partial charge is 0.262 e. The molecule has 2 aromatic heterocycles. The van der Waals surface area contributed by atoms with Crippen LogP contribution in [0.3, 0.4) is 0 Å². The van der Waals surface area contributed by atoms with E-state index in [9.17, 15) is 14.4 Å². The van der Waals surface area contributed by atoms with Crippen LogP contribution < -0.4 is 10.9 Å². The van der Waals surface area contributed by atoms with Crippen LogP contribution in [0.2, 0.25) is 5.02 Å². The number of aromatic nitrogens is 2. The summed E-state index contributed by atoms with van der Waals surface area (Å²) in [6, 6.07) is 15.1. The average molecular weight is 482 g/mol. The van der Waals surface area contributed by atoms with Gasteiger partial charge < -0.3 is 9.73 Å². The van der Waals surface area contributed by atoms with Crippen molar-refractivity contribution in [1.29, 1.82) is 0 Å². The Morgan fingerprint density at radius 3 is 2.73 bits per heavy atom. The fourth-order valence-corrected chi connectivity index (χ4v) is 4.31. The lowest BCUT2D eigenvalue weighted by atomic mass is 10.1. The fourth-order valence-electron chi connectivity index (χ4n) is 3.23. The number of carbonyl (C=O) groups is 2. The number of furan rings is 1. The van der Waals surface area contributed by atoms with Crippen LogP contribution in [0.5, 0.6) is 0 Å². The summed E-state index contributed by atoms with van der Waals surface area (Å²) in [5.41, 5.74) is 1.23. The molecule has 0 saturated carbocycles. The molecule has 33 heavy (non-hydrogen) atoms. The van der Waals surface area contributed by atoms with E-state index in [1.54, 1.807) is 61.5 Å². The number of anilines is 1. The highest BCUT2D eigenvalue weighted by Crippen LogP contribution is 2.25. The maximum atomic E-state index is 13.2. The third-order valence-corrected chi connectivity index (χ3v) is 6.29. The highest BCUT2D eigenvalue weighted by atomic mass is 35.5. The van der Waals surface area contributed by atoms with E-state index in [-0.39, 0.29) is 23.8 Å². The first-order valence-electron chi connectivity index (χ1n) is 10.1. The quantitative estimate of drug-likeness (QED) is 0.226. The molecular weight excluding hydrogens is 462 g/mol. The zero-order valence-electron chi connectivity index (χ0n) is 17.9. The highest BCUT2D eigenvalue weighted by molar-refractivity contribution is 8.00. The van der Waals surface area contributed by atoms with E-state index in [1.807, 2.05) is 0 Å². The van der Waals surface area contributed by atoms with Crippen LogP contribution in [0.1, 0.15) is 30.0 Å². The summed E-state index contributed by atoms with van der Waals surface area (Å²) in [5.74, 6) is 0.215. The summed E-state index contributed by atoms with van der Waals surface area (Å²) in [7, 11) is 0. The number of hydrogen-bond acceptors (Lipinski definition) is 6. The van der Waals surface area contributed by atoms with Crippen molar-refractivity contribution in [3.05, 3.63) is 87.6 Å². The van der Waals surface area contributed by atoms with Gasteiger partial charge in [0.25, 0.3) is 5.56 Å². The van der Waals surface area contributed by atoms with Crippen LogP contribution in [0.25, 0.3) is 10.9 Å². The van der Waals surface area contributed by atoms with Crippen LogP contribution in [0, 0.1) is 0 Å². The summed E-state index contributed by atoms with van der Waals surface area (Å²) < 4.78 is 6.90. The number of fused-ring (bicyclic) bond motifs is 1. The van der Waals surface area contributed by atoms with E-state index < -0.39 is 5.25 Å². The molecule has 1 amide bonds. The number of benzene rings is 2. The molecule has 4 aromatic rings. The van der Waals surface area contributed by atoms with Crippen molar-refractivity contribution in [2.75, 3.05) is 5.32 Å². The molecule has 0 spiro atoms. The van der Waals surface area contributed by atoms with Gasteiger partial charge in [0.1, 0.15) is 5.76 Å². The molecule has 0 fully saturated rings. The van der Waals surface area contributed by atoms with Gasteiger partial charge in [-0.05, 0) is 56.3 Å². The maximum Gasteiger partial charge on any atom is 0.262 e. The SMILES string of the molecule is CC(=O)c1cccc(NC(=O)C(C)Sc2nc3cc(Cl)ccc3c(=O)n2Cc2ccco2)c1. The van der Waals surface area contributed by atoms with Crippen LogP contribution in [0.15, 0.2) is 75.2 Å². The number of halogens is 1. The summed E-state index contributed by atoms with van der Waals surface area (Å²) >= 11 is 7.25. The summed E-state index contributed by atoms with van der Waals surface area (Å²) in [5, 5.41) is 3.49. The first kappa shape index (κ1) is 22.8. The van der Waals surface area contributed by atoms with Crippen LogP contribution in [0.4, 0.5) is 5.69 Å². The number of nitrogens with one attached hydrogen (secondary N) is 1. The highest BCUT2D eigenvalue weighted by Gasteiger charge is 2.20. The van der Waals surface area contributed by atoms with Gasteiger partial charge in [0, 0.05) is 16.3 Å². The number of nitrogens with zero attached hydrogens (tertiary/aromatic N) is 2. The molecule has 0 bridgehead atoms. The van der Waals surface area contributed by atoms with Gasteiger partial charge in [-0.3, -0.25) is 19.0 Å². The molecule has 1 atom stereocenters. The fraction of sp³-hybridized carbons (Fsp3) is 0.167. The predicted octanol–water partition coefficient (Wildman–Crippen LogP) is 5.01. The van der Waals surface area contributed by atoms with Gasteiger partial charge in [0.2, 0.25) is 5.91 Å². The van der Waals surface area contributed by atoms with E-state index in [2.05, 4.69) is 10.3 Å². The minimum absolute atomic E-state index is 0.0884. The van der Waals surface area contributed by atoms with Gasteiger partial charge in [-0.25, -0.2) is 4.98 Å². The Hall–Kier alpha value is -3.36. The largest absolute Gasteiger partial charge is 0.467 e. The Labute approximate surface area is 198 Å². The van der Waals surface area contributed by atoms with Crippen molar-refractivity contribution in [1.82, 2.24) is 9.55 Å². The van der Waals surface area contributed by atoms with Crippen molar-refractivity contribution in [2.45, 2.75) is 30.8 Å². The Balaban J connectivity index is 1.64. The van der Waals surface area contributed by atoms with Crippen molar-refractivity contribution in [3.63, 3.8) is 0 Å². The first-order valence-corrected chi connectivity index (χ1v) is 11.4. The second kappa shape index (κ2) is 9.64. The van der Waals surface area contributed by atoms with E-state index >= 15 is 0 Å². The first-order chi connectivity index (χ1) is 15.8. The molecule has 1 N–H and O–H groups in total. The molecule has 2 aromatic carbocycles. The summed E-state index contributed by atoms with van der Waals surface area (Å²) in [4.78, 5) is 42.3. The van der Waals surface area contributed by atoms with E-state index in [4.69, 9.17) is 16.0 Å². The molecule has 9 heteroatoms. The van der Waals surface area contributed by atoms with Crippen molar-refractivity contribution in [3.8, 4) is 0 Å². The topological polar surface area (TPSA) is 94.2 Å². The van der Waals surface area contributed by atoms with Gasteiger partial charge in [0.05, 0.1) is 29.0 Å². The van der Waals surface area contributed by atoms with E-state index in [1.165, 1.54) is 17.8 Å².